The molecule has 106 valence electrons. The quantitative estimate of drug-likeness (QED) is 0.774. The molecule has 2 rings (SSSR count). The monoisotopic (exact) mass is 310 g/mol. The maximum absolute atomic E-state index is 11.2. The molecule has 0 radical (unpaired) electrons. The molecule has 0 bridgehead atoms. The fourth-order valence-corrected chi connectivity index (χ4v) is 2.50. The molecule has 20 heavy (non-hydrogen) atoms. The second-order valence-corrected chi connectivity index (χ2v) is 5.88. The molecule has 0 N–H and O–H groups in total. The summed E-state index contributed by atoms with van der Waals surface area (Å²) in [6.45, 7) is 4.61. The lowest BCUT2D eigenvalue weighted by Crippen LogP contribution is -2.04. The van der Waals surface area contributed by atoms with Crippen molar-refractivity contribution in [2.45, 2.75) is 26.8 Å². The summed E-state index contributed by atoms with van der Waals surface area (Å²) in [7, 11) is 0. The van der Waals surface area contributed by atoms with Gasteiger partial charge in [0.25, 0.3) is 0 Å². The minimum atomic E-state index is 0.371. The lowest BCUT2D eigenvalue weighted by molar-refractivity contribution is 0.112. The van der Waals surface area contributed by atoms with Gasteiger partial charge in [-0.05, 0) is 24.0 Å². The van der Waals surface area contributed by atoms with Gasteiger partial charge in [-0.25, -0.2) is 4.68 Å². The maximum Gasteiger partial charge on any atom is 0.155 e. The van der Waals surface area contributed by atoms with Crippen LogP contribution in [0.25, 0.3) is 0 Å². The van der Waals surface area contributed by atoms with E-state index in [-0.39, 0.29) is 0 Å². The molecule has 0 aliphatic rings. The highest BCUT2D eigenvalue weighted by Gasteiger charge is 2.17. The zero-order valence-electron chi connectivity index (χ0n) is 11.4. The smallest absolute Gasteiger partial charge is 0.155 e. The average molecular weight is 311 g/mol. The summed E-state index contributed by atoms with van der Waals surface area (Å²) in [5.41, 5.74) is 2.14. The second kappa shape index (κ2) is 6.42. The molecule has 0 saturated carbocycles. The van der Waals surface area contributed by atoms with Crippen LogP contribution >= 0.6 is 23.2 Å². The second-order valence-electron chi connectivity index (χ2n) is 5.12. The van der Waals surface area contributed by atoms with Gasteiger partial charge in [-0.1, -0.05) is 55.2 Å². The van der Waals surface area contributed by atoms with E-state index in [4.69, 9.17) is 23.2 Å². The molecule has 5 heteroatoms. The number of benzene rings is 1. The van der Waals surface area contributed by atoms with Crippen LogP contribution in [0.3, 0.4) is 0 Å². The van der Waals surface area contributed by atoms with Crippen molar-refractivity contribution in [3.05, 3.63) is 51.3 Å². The van der Waals surface area contributed by atoms with Crippen molar-refractivity contribution in [2.24, 2.45) is 5.92 Å². The lowest BCUT2D eigenvalue weighted by Gasteiger charge is -2.05. The van der Waals surface area contributed by atoms with Gasteiger partial charge in [-0.3, -0.25) is 4.79 Å². The summed E-state index contributed by atoms with van der Waals surface area (Å²) >= 11 is 12.4. The van der Waals surface area contributed by atoms with Crippen LogP contribution in [0, 0.1) is 5.92 Å². The number of carbonyl (C=O) groups excluding carboxylic acids is 1. The predicted octanol–water partition coefficient (Wildman–Crippen LogP) is 4.25. The van der Waals surface area contributed by atoms with Crippen LogP contribution in [0.4, 0.5) is 0 Å². The normalized spacial score (nSPS) is 11.1. The van der Waals surface area contributed by atoms with Gasteiger partial charge >= 0.3 is 0 Å². The first-order valence-corrected chi connectivity index (χ1v) is 7.22. The maximum atomic E-state index is 11.2. The minimum Gasteiger partial charge on any atom is -0.298 e. The highest BCUT2D eigenvalue weighted by molar-refractivity contribution is 6.32. The first kappa shape index (κ1) is 15.1. The highest BCUT2D eigenvalue weighted by atomic mass is 35.5. The van der Waals surface area contributed by atoms with Crippen LogP contribution in [0.15, 0.2) is 24.3 Å². The molecule has 0 atom stereocenters. The van der Waals surface area contributed by atoms with E-state index < -0.39 is 0 Å². The Morgan fingerprint density at radius 3 is 2.60 bits per heavy atom. The number of carbonyl (C=O) groups is 1. The Labute approximate surface area is 128 Å². The molecular formula is C15H16Cl2N2O. The first-order valence-electron chi connectivity index (χ1n) is 6.46. The third-order valence-electron chi connectivity index (χ3n) is 3.00. The zero-order valence-corrected chi connectivity index (χ0v) is 12.9. The summed E-state index contributed by atoms with van der Waals surface area (Å²) in [5, 5.41) is 5.49. The fourth-order valence-electron chi connectivity index (χ4n) is 2.05. The molecule has 1 aromatic carbocycles. The Morgan fingerprint density at radius 2 is 2.00 bits per heavy atom. The molecule has 0 saturated heterocycles. The highest BCUT2D eigenvalue weighted by Crippen LogP contribution is 2.23. The molecule has 0 unspecified atom stereocenters. The number of hydrogen-bond acceptors (Lipinski definition) is 2. The Hall–Kier alpha value is -1.32. The van der Waals surface area contributed by atoms with E-state index in [0.717, 1.165) is 24.0 Å². The third kappa shape index (κ3) is 3.22. The van der Waals surface area contributed by atoms with Crippen molar-refractivity contribution < 1.29 is 4.79 Å². The van der Waals surface area contributed by atoms with Crippen LogP contribution in [0.5, 0.6) is 0 Å². The van der Waals surface area contributed by atoms with Gasteiger partial charge in [0.1, 0.15) is 5.15 Å². The Bertz CT molecular complexity index is 620. The first-order chi connectivity index (χ1) is 9.52. The number of aromatic nitrogens is 2. The van der Waals surface area contributed by atoms with Crippen LogP contribution in [0.2, 0.25) is 10.2 Å². The molecule has 0 spiro atoms. The SMILES string of the molecule is CC(C)Cc1nn(Cc2ccccc2Cl)c(Cl)c1C=O. The van der Waals surface area contributed by atoms with E-state index in [1.165, 1.54) is 0 Å². The number of hydrogen-bond donors (Lipinski definition) is 0. The van der Waals surface area contributed by atoms with Crippen LogP contribution in [-0.4, -0.2) is 16.1 Å². The number of aldehydes is 1. The molecule has 0 fully saturated rings. The van der Waals surface area contributed by atoms with Crippen molar-refractivity contribution in [1.82, 2.24) is 9.78 Å². The van der Waals surface area contributed by atoms with Crippen molar-refractivity contribution in [3.8, 4) is 0 Å². The van der Waals surface area contributed by atoms with Gasteiger partial charge in [-0.15, -0.1) is 0 Å². The van der Waals surface area contributed by atoms with Gasteiger partial charge in [0, 0.05) is 5.02 Å². The van der Waals surface area contributed by atoms with E-state index >= 15 is 0 Å². The van der Waals surface area contributed by atoms with E-state index in [1.54, 1.807) is 4.68 Å². The van der Waals surface area contributed by atoms with E-state index in [0.29, 0.717) is 28.2 Å². The third-order valence-corrected chi connectivity index (χ3v) is 3.77. The molecular weight excluding hydrogens is 295 g/mol. The molecule has 0 amide bonds. The molecule has 1 heterocycles. The van der Waals surface area contributed by atoms with Crippen molar-refractivity contribution >= 4 is 29.5 Å². The molecule has 2 aromatic rings. The standard InChI is InChI=1S/C15H16Cl2N2O/c1-10(2)7-14-12(9-20)15(17)19(18-14)8-11-5-3-4-6-13(11)16/h3-6,9-10H,7-8H2,1-2H3. The molecule has 0 aliphatic carbocycles. The summed E-state index contributed by atoms with van der Waals surface area (Å²) in [6.07, 6.45) is 1.50. The zero-order chi connectivity index (χ0) is 14.7. The predicted molar refractivity (Wildman–Crippen MR) is 81.7 cm³/mol. The summed E-state index contributed by atoms with van der Waals surface area (Å²) in [6, 6.07) is 7.53. The number of nitrogens with zero attached hydrogens (tertiary/aromatic N) is 2. The van der Waals surface area contributed by atoms with Gasteiger partial charge in [0.05, 0.1) is 17.8 Å². The summed E-state index contributed by atoms with van der Waals surface area (Å²) < 4.78 is 1.63. The van der Waals surface area contributed by atoms with Crippen LogP contribution in [0.1, 0.15) is 35.5 Å². The number of halogens is 2. The van der Waals surface area contributed by atoms with Gasteiger partial charge in [0.2, 0.25) is 0 Å². The largest absolute Gasteiger partial charge is 0.298 e. The Morgan fingerprint density at radius 1 is 1.30 bits per heavy atom. The summed E-state index contributed by atoms with van der Waals surface area (Å²) in [5.74, 6) is 0.411. The Balaban J connectivity index is 2.35. The molecule has 0 aliphatic heterocycles. The van der Waals surface area contributed by atoms with Crippen LogP contribution in [-0.2, 0) is 13.0 Å². The van der Waals surface area contributed by atoms with E-state index in [9.17, 15) is 4.79 Å². The molecule has 1 aromatic heterocycles. The van der Waals surface area contributed by atoms with Gasteiger partial charge in [0.15, 0.2) is 6.29 Å². The van der Waals surface area contributed by atoms with Crippen LogP contribution < -0.4 is 0 Å². The fraction of sp³-hybridized carbons (Fsp3) is 0.333. The van der Waals surface area contributed by atoms with Crippen molar-refractivity contribution in [2.75, 3.05) is 0 Å². The van der Waals surface area contributed by atoms with Gasteiger partial charge < -0.3 is 0 Å². The van der Waals surface area contributed by atoms with E-state index in [1.807, 2.05) is 24.3 Å². The Kier molecular flexibility index (Phi) is 4.84. The van der Waals surface area contributed by atoms with E-state index in [2.05, 4.69) is 18.9 Å². The van der Waals surface area contributed by atoms with Gasteiger partial charge in [-0.2, -0.15) is 5.10 Å². The average Bonchev–Trinajstić information content (AvgIpc) is 2.67. The summed E-state index contributed by atoms with van der Waals surface area (Å²) in [4.78, 5) is 11.2. The topological polar surface area (TPSA) is 34.9 Å². The van der Waals surface area contributed by atoms with Crippen molar-refractivity contribution in [1.29, 1.82) is 0 Å². The number of rotatable bonds is 5. The minimum absolute atomic E-state index is 0.371. The molecule has 3 nitrogen and oxygen atoms in total. The lowest BCUT2D eigenvalue weighted by atomic mass is 10.1. The van der Waals surface area contributed by atoms with Crippen molar-refractivity contribution in [3.63, 3.8) is 0 Å².